The van der Waals surface area contributed by atoms with Gasteiger partial charge in [-0.1, -0.05) is 19.1 Å². The molecule has 1 aromatic heterocycles. The van der Waals surface area contributed by atoms with Crippen LogP contribution in [-0.4, -0.2) is 50.7 Å². The molecule has 0 saturated heterocycles. The van der Waals surface area contributed by atoms with E-state index >= 15 is 0 Å². The Hall–Kier alpha value is -3.00. The number of rotatable bonds is 8. The predicted octanol–water partition coefficient (Wildman–Crippen LogP) is 0.818. The van der Waals surface area contributed by atoms with Crippen molar-refractivity contribution in [1.29, 1.82) is 0 Å². The first-order valence-corrected chi connectivity index (χ1v) is 11.2. The van der Waals surface area contributed by atoms with E-state index in [1.165, 1.54) is 32.2 Å². The van der Waals surface area contributed by atoms with E-state index in [4.69, 9.17) is 8.92 Å². The van der Waals surface area contributed by atoms with Crippen LogP contribution in [0.4, 0.5) is 10.7 Å². The molecular weight excluding hydrogens is 426 g/mol. The van der Waals surface area contributed by atoms with E-state index in [0.717, 1.165) is 6.07 Å². The van der Waals surface area contributed by atoms with Crippen LogP contribution in [0.5, 0.6) is 11.8 Å². The smallest absolute Gasteiger partial charge is 0.335 e. The first-order valence-electron chi connectivity index (χ1n) is 8.18. The van der Waals surface area contributed by atoms with E-state index in [0.29, 0.717) is 0 Å². The summed E-state index contributed by atoms with van der Waals surface area (Å²) in [5.74, 6) is -0.735. The van der Waals surface area contributed by atoms with Gasteiger partial charge >= 0.3 is 22.2 Å². The number of hydrogen-bond acceptors (Lipinski definition) is 10. The van der Waals surface area contributed by atoms with Gasteiger partial charge in [-0.15, -0.1) is 0 Å². The quantitative estimate of drug-likeness (QED) is 0.555. The van der Waals surface area contributed by atoms with E-state index in [2.05, 4.69) is 20.3 Å². The lowest BCUT2D eigenvalue weighted by Gasteiger charge is -2.12. The number of nitrogens with one attached hydrogen (secondary N) is 2. The van der Waals surface area contributed by atoms with Crippen molar-refractivity contribution in [2.75, 3.05) is 18.2 Å². The third-order valence-corrected chi connectivity index (χ3v) is 5.88. The molecule has 0 aliphatic carbocycles. The van der Waals surface area contributed by atoms with Gasteiger partial charge in [-0.05, 0) is 25.5 Å². The average Bonchev–Trinajstić information content (AvgIpc) is 2.60. The maximum absolute atomic E-state index is 12.6. The number of para-hydroxylation sites is 1. The molecule has 29 heavy (non-hydrogen) atoms. The summed E-state index contributed by atoms with van der Waals surface area (Å²) in [7, 11) is -7.16. The number of amides is 2. The lowest BCUT2D eigenvalue weighted by atomic mass is 10.3. The highest BCUT2D eigenvalue weighted by Gasteiger charge is 2.25. The fourth-order valence-corrected chi connectivity index (χ4v) is 4.17. The number of aryl methyl sites for hydroxylation is 1. The summed E-state index contributed by atoms with van der Waals surface area (Å²) in [4.78, 5) is 23.0. The number of sulfonamides is 1. The summed E-state index contributed by atoms with van der Waals surface area (Å²) in [6.07, 6.45) is 0.284. The molecule has 1 heterocycles. The van der Waals surface area contributed by atoms with Gasteiger partial charge in [-0.2, -0.15) is 23.4 Å². The number of ether oxygens (including phenoxy) is 1. The molecule has 0 unspecified atom stereocenters. The van der Waals surface area contributed by atoms with Crippen molar-refractivity contribution in [3.05, 3.63) is 30.1 Å². The number of carbonyl (C=O) groups is 1. The fourth-order valence-electron chi connectivity index (χ4n) is 2.08. The van der Waals surface area contributed by atoms with Gasteiger partial charge in [0.05, 0.1) is 12.9 Å². The van der Waals surface area contributed by atoms with Crippen molar-refractivity contribution in [3.63, 3.8) is 0 Å². The molecule has 0 atom stereocenters. The van der Waals surface area contributed by atoms with E-state index in [1.807, 2.05) is 0 Å². The van der Waals surface area contributed by atoms with Crippen molar-refractivity contribution in [3.8, 4) is 11.8 Å². The molecule has 0 saturated carbocycles. The van der Waals surface area contributed by atoms with Crippen LogP contribution in [0.1, 0.15) is 19.2 Å². The molecule has 2 rings (SSSR count). The second kappa shape index (κ2) is 9.00. The van der Waals surface area contributed by atoms with Gasteiger partial charge in [-0.3, -0.25) is 5.32 Å². The Morgan fingerprint density at radius 2 is 1.79 bits per heavy atom. The van der Waals surface area contributed by atoms with Crippen molar-refractivity contribution >= 4 is 32.1 Å². The number of aromatic nitrogens is 3. The molecule has 0 fully saturated rings. The molecule has 0 aliphatic heterocycles. The largest absolute Gasteiger partial charge is 0.467 e. The maximum atomic E-state index is 12.6. The normalized spacial score (nSPS) is 11.6. The van der Waals surface area contributed by atoms with Crippen LogP contribution in [0.2, 0.25) is 0 Å². The Balaban J connectivity index is 2.23. The lowest BCUT2D eigenvalue weighted by molar-refractivity contribution is 0.256. The summed E-state index contributed by atoms with van der Waals surface area (Å²) >= 11 is 0. The highest BCUT2D eigenvalue weighted by molar-refractivity contribution is 7.90. The molecule has 12 nitrogen and oxygen atoms in total. The van der Waals surface area contributed by atoms with Crippen LogP contribution < -0.4 is 19.0 Å². The highest BCUT2D eigenvalue weighted by atomic mass is 32.2. The minimum atomic E-state index is -4.48. The maximum Gasteiger partial charge on any atom is 0.335 e. The summed E-state index contributed by atoms with van der Waals surface area (Å²) in [5.41, 5.74) is 0. The molecule has 14 heteroatoms. The average molecular weight is 445 g/mol. The molecule has 2 amide bonds. The minimum Gasteiger partial charge on any atom is -0.467 e. The van der Waals surface area contributed by atoms with E-state index in [-0.39, 0.29) is 30.0 Å². The van der Waals surface area contributed by atoms with Gasteiger partial charge < -0.3 is 8.92 Å². The molecular formula is C15H19N5O7S2. The van der Waals surface area contributed by atoms with Gasteiger partial charge in [0.15, 0.2) is 5.75 Å². The third-order valence-electron chi connectivity index (χ3n) is 3.17. The monoisotopic (exact) mass is 445 g/mol. The molecule has 0 radical (unpaired) electrons. The number of methoxy groups -OCH3 is 1. The summed E-state index contributed by atoms with van der Waals surface area (Å²) in [6, 6.07) is 3.77. The van der Waals surface area contributed by atoms with Gasteiger partial charge in [0.25, 0.3) is 10.0 Å². The van der Waals surface area contributed by atoms with Crippen molar-refractivity contribution in [1.82, 2.24) is 19.7 Å². The molecule has 1 aromatic carbocycles. The number of nitrogens with zero attached hydrogens (tertiary/aromatic N) is 3. The Labute approximate surface area is 167 Å². The minimum absolute atomic E-state index is 0.0736. The third kappa shape index (κ3) is 6.25. The second-order valence-electron chi connectivity index (χ2n) is 5.54. The van der Waals surface area contributed by atoms with Crippen LogP contribution >= 0.6 is 0 Å². The first-order chi connectivity index (χ1) is 13.6. The van der Waals surface area contributed by atoms with Crippen LogP contribution in [0.25, 0.3) is 0 Å². The van der Waals surface area contributed by atoms with Gasteiger partial charge in [0.1, 0.15) is 10.7 Å². The van der Waals surface area contributed by atoms with Crippen LogP contribution in [0.15, 0.2) is 29.2 Å². The van der Waals surface area contributed by atoms with E-state index in [1.54, 1.807) is 11.6 Å². The van der Waals surface area contributed by atoms with E-state index < -0.39 is 36.8 Å². The van der Waals surface area contributed by atoms with Crippen molar-refractivity contribution < 1.29 is 30.6 Å². The second-order valence-corrected chi connectivity index (χ2v) is 8.89. The zero-order valence-electron chi connectivity index (χ0n) is 15.7. The molecule has 2 N–H and O–H groups in total. The Morgan fingerprint density at radius 1 is 1.10 bits per heavy atom. The number of carbonyl (C=O) groups excluding carboxylic acids is 1. The molecule has 0 spiro atoms. The van der Waals surface area contributed by atoms with Crippen molar-refractivity contribution in [2.45, 2.75) is 25.2 Å². The van der Waals surface area contributed by atoms with Crippen LogP contribution in [0.3, 0.4) is 0 Å². The zero-order chi connectivity index (χ0) is 21.7. The summed E-state index contributed by atoms with van der Waals surface area (Å²) in [6.45, 7) is 3.15. The number of urea groups is 1. The van der Waals surface area contributed by atoms with Gasteiger partial charge in [-0.25, -0.2) is 17.9 Å². The zero-order valence-corrected chi connectivity index (χ0v) is 17.4. The number of hydrogen-bond donors (Lipinski definition) is 2. The number of benzene rings is 1. The lowest BCUT2D eigenvalue weighted by Crippen LogP contribution is -2.35. The van der Waals surface area contributed by atoms with Crippen LogP contribution in [0, 0.1) is 6.92 Å². The summed E-state index contributed by atoms with van der Waals surface area (Å²) < 4.78 is 60.4. The van der Waals surface area contributed by atoms with Gasteiger partial charge in [0, 0.05) is 0 Å². The van der Waals surface area contributed by atoms with E-state index in [9.17, 15) is 21.6 Å². The van der Waals surface area contributed by atoms with Crippen LogP contribution in [-0.2, 0) is 20.1 Å². The Morgan fingerprint density at radius 3 is 2.45 bits per heavy atom. The summed E-state index contributed by atoms with van der Waals surface area (Å²) in [5, 5.41) is 2.14. The Bertz CT molecular complexity index is 1100. The predicted molar refractivity (Wildman–Crippen MR) is 102 cm³/mol. The molecule has 2 aromatic rings. The molecule has 0 aliphatic rings. The molecule has 158 valence electrons. The Kier molecular flexibility index (Phi) is 6.92. The fraction of sp³-hybridized carbons (Fsp3) is 0.333. The highest BCUT2D eigenvalue weighted by Crippen LogP contribution is 2.25. The first kappa shape index (κ1) is 22.3. The van der Waals surface area contributed by atoms with Crippen molar-refractivity contribution in [2.24, 2.45) is 0 Å². The standard InChI is InChI=1S/C15H19N5O7S2/c1-4-9-28(22,23)27-11-7-5-6-8-12(11)29(24,25)20-14(21)18-13-16-10(2)17-15(19-13)26-3/h5-8H,4,9H2,1-3H3,(H2,16,17,18,19,20,21). The van der Waals surface area contributed by atoms with Gasteiger partial charge in [0.2, 0.25) is 5.95 Å². The SMILES string of the molecule is CCCS(=O)(=O)Oc1ccccc1S(=O)(=O)NC(=O)Nc1nc(C)nc(OC)n1. The topological polar surface area (TPSA) is 167 Å². The number of anilines is 1. The molecule has 0 bridgehead atoms.